The Morgan fingerprint density at radius 3 is 3.13 bits per heavy atom. The van der Waals surface area contributed by atoms with E-state index < -0.39 is 0 Å². The number of nitrogens with zero attached hydrogens (tertiary/aromatic N) is 2. The van der Waals surface area contributed by atoms with Crippen LogP contribution in [-0.2, 0) is 0 Å². The van der Waals surface area contributed by atoms with Gasteiger partial charge in [-0.15, -0.1) is 11.3 Å². The summed E-state index contributed by atoms with van der Waals surface area (Å²) in [6.07, 6.45) is 3.73. The first kappa shape index (κ1) is 10.7. The molecule has 2 aromatic heterocycles. The second kappa shape index (κ2) is 4.81. The molecule has 0 fully saturated rings. The summed E-state index contributed by atoms with van der Waals surface area (Å²) in [5.41, 5.74) is 2.30. The number of hydrogen-bond donors (Lipinski definition) is 1. The number of hydrogen-bond acceptors (Lipinski definition) is 5. The van der Waals surface area contributed by atoms with Crippen molar-refractivity contribution in [3.63, 3.8) is 0 Å². The van der Waals surface area contributed by atoms with E-state index in [1.807, 2.05) is 11.8 Å². The van der Waals surface area contributed by atoms with E-state index in [2.05, 4.69) is 33.8 Å². The third kappa shape index (κ3) is 2.23. The molecule has 2 heterocycles. The Morgan fingerprint density at radius 1 is 1.47 bits per heavy atom. The third-order valence-corrected chi connectivity index (χ3v) is 3.84. The van der Waals surface area contributed by atoms with Gasteiger partial charge in [0.15, 0.2) is 0 Å². The van der Waals surface area contributed by atoms with Crippen LogP contribution in [0, 0.1) is 6.92 Å². The van der Waals surface area contributed by atoms with E-state index >= 15 is 0 Å². The fourth-order valence-corrected chi connectivity index (χ4v) is 2.64. The maximum atomic E-state index is 4.28. The Labute approximate surface area is 97.3 Å². The van der Waals surface area contributed by atoms with Gasteiger partial charge in [0.2, 0.25) is 0 Å². The highest BCUT2D eigenvalue weighted by molar-refractivity contribution is 7.98. The quantitative estimate of drug-likeness (QED) is 0.833. The van der Waals surface area contributed by atoms with Gasteiger partial charge in [-0.3, -0.25) is 0 Å². The number of rotatable bonds is 4. The zero-order valence-electron chi connectivity index (χ0n) is 8.78. The molecular formula is C10H13N3S2. The summed E-state index contributed by atoms with van der Waals surface area (Å²) in [7, 11) is 0. The zero-order valence-corrected chi connectivity index (χ0v) is 10.4. The summed E-state index contributed by atoms with van der Waals surface area (Å²) in [5, 5.41) is 5.46. The molecule has 0 amide bonds. The van der Waals surface area contributed by atoms with E-state index in [1.54, 1.807) is 17.7 Å². The third-order valence-electron chi connectivity index (χ3n) is 2.13. The van der Waals surface area contributed by atoms with E-state index in [0.717, 1.165) is 28.3 Å². The maximum absolute atomic E-state index is 4.28. The van der Waals surface area contributed by atoms with E-state index in [9.17, 15) is 0 Å². The lowest BCUT2D eigenvalue weighted by molar-refractivity contribution is 1.15. The molecule has 2 aromatic rings. The van der Waals surface area contributed by atoms with Crippen LogP contribution in [0.15, 0.2) is 11.7 Å². The Hall–Kier alpha value is -0.810. The van der Waals surface area contributed by atoms with Crippen LogP contribution in [0.25, 0.3) is 10.2 Å². The fourth-order valence-electron chi connectivity index (χ4n) is 1.37. The van der Waals surface area contributed by atoms with Crippen LogP contribution < -0.4 is 5.32 Å². The first-order chi connectivity index (χ1) is 7.33. The van der Waals surface area contributed by atoms with Crippen LogP contribution in [0.2, 0.25) is 0 Å². The molecule has 0 spiro atoms. The Balaban J connectivity index is 2.26. The molecule has 0 aromatic carbocycles. The van der Waals surface area contributed by atoms with Crippen molar-refractivity contribution in [3.8, 4) is 0 Å². The first-order valence-corrected chi connectivity index (χ1v) is 7.02. The molecule has 1 N–H and O–H groups in total. The van der Waals surface area contributed by atoms with Crippen molar-refractivity contribution in [1.82, 2.24) is 9.97 Å². The molecule has 0 unspecified atom stereocenters. The molecule has 0 atom stereocenters. The molecule has 0 bridgehead atoms. The fraction of sp³-hybridized carbons (Fsp3) is 0.400. The largest absolute Gasteiger partial charge is 0.368 e. The molecule has 15 heavy (non-hydrogen) atoms. The summed E-state index contributed by atoms with van der Waals surface area (Å²) >= 11 is 3.53. The van der Waals surface area contributed by atoms with Gasteiger partial charge in [0.1, 0.15) is 12.1 Å². The highest BCUT2D eigenvalue weighted by Crippen LogP contribution is 2.28. The maximum Gasteiger partial charge on any atom is 0.147 e. The zero-order chi connectivity index (χ0) is 10.7. The molecule has 0 aliphatic carbocycles. The summed E-state index contributed by atoms with van der Waals surface area (Å²) in [4.78, 5) is 8.55. The van der Waals surface area contributed by atoms with Gasteiger partial charge in [-0.25, -0.2) is 9.97 Å². The van der Waals surface area contributed by atoms with Crippen LogP contribution in [0.1, 0.15) is 5.56 Å². The normalized spacial score (nSPS) is 10.8. The summed E-state index contributed by atoms with van der Waals surface area (Å²) in [6.45, 7) is 3.03. The van der Waals surface area contributed by atoms with Crippen molar-refractivity contribution in [3.05, 3.63) is 17.3 Å². The first-order valence-electron chi connectivity index (χ1n) is 4.74. The average molecular weight is 239 g/mol. The molecule has 80 valence electrons. The predicted octanol–water partition coefficient (Wildman–Crippen LogP) is 2.77. The number of nitrogens with one attached hydrogen (secondary N) is 1. The summed E-state index contributed by atoms with van der Waals surface area (Å²) in [5.74, 6) is 2.06. The smallest absolute Gasteiger partial charge is 0.147 e. The van der Waals surface area contributed by atoms with Crippen LogP contribution in [0.4, 0.5) is 5.82 Å². The number of anilines is 1. The van der Waals surface area contributed by atoms with Gasteiger partial charge in [-0.2, -0.15) is 11.8 Å². The van der Waals surface area contributed by atoms with Gasteiger partial charge in [-0.05, 0) is 24.1 Å². The second-order valence-corrected chi connectivity index (χ2v) is 5.10. The van der Waals surface area contributed by atoms with Crippen LogP contribution in [-0.4, -0.2) is 28.5 Å². The van der Waals surface area contributed by atoms with E-state index in [-0.39, 0.29) is 0 Å². The minimum absolute atomic E-state index is 0.949. The van der Waals surface area contributed by atoms with Gasteiger partial charge < -0.3 is 5.32 Å². The van der Waals surface area contributed by atoms with E-state index in [0.29, 0.717) is 0 Å². The van der Waals surface area contributed by atoms with Crippen molar-refractivity contribution >= 4 is 39.1 Å². The van der Waals surface area contributed by atoms with Gasteiger partial charge >= 0.3 is 0 Å². The lowest BCUT2D eigenvalue weighted by atomic mass is 10.3. The minimum Gasteiger partial charge on any atom is -0.368 e. The predicted molar refractivity (Wildman–Crippen MR) is 69.0 cm³/mol. The van der Waals surface area contributed by atoms with E-state index in [1.165, 1.54) is 5.56 Å². The summed E-state index contributed by atoms with van der Waals surface area (Å²) < 4.78 is 1.16. The summed E-state index contributed by atoms with van der Waals surface area (Å²) in [6, 6.07) is 0. The number of thiophene rings is 1. The van der Waals surface area contributed by atoms with E-state index in [4.69, 9.17) is 0 Å². The molecule has 0 radical (unpaired) electrons. The minimum atomic E-state index is 0.949. The topological polar surface area (TPSA) is 37.8 Å². The average Bonchev–Trinajstić information content (AvgIpc) is 2.62. The van der Waals surface area contributed by atoms with Crippen molar-refractivity contribution in [2.75, 3.05) is 23.9 Å². The van der Waals surface area contributed by atoms with Crippen molar-refractivity contribution < 1.29 is 0 Å². The lowest BCUT2D eigenvalue weighted by Crippen LogP contribution is -2.05. The van der Waals surface area contributed by atoms with Crippen LogP contribution in [0.3, 0.4) is 0 Å². The standard InChI is InChI=1S/C10H13N3S2/c1-7-5-15-9-8(7)12-6-13-10(9)11-3-4-14-2/h5-6H,3-4H2,1-2H3,(H,11,12,13). The van der Waals surface area contributed by atoms with Crippen molar-refractivity contribution in [1.29, 1.82) is 0 Å². The molecule has 0 saturated heterocycles. The molecule has 3 nitrogen and oxygen atoms in total. The SMILES string of the molecule is CSCCNc1ncnc2c(C)csc12. The van der Waals surface area contributed by atoms with Crippen molar-refractivity contribution in [2.45, 2.75) is 6.92 Å². The second-order valence-electron chi connectivity index (χ2n) is 3.24. The molecule has 5 heteroatoms. The van der Waals surface area contributed by atoms with Crippen molar-refractivity contribution in [2.24, 2.45) is 0 Å². The molecule has 2 rings (SSSR count). The number of thioether (sulfide) groups is 1. The van der Waals surface area contributed by atoms with Gasteiger partial charge in [-0.1, -0.05) is 0 Å². The molecule has 0 saturated carbocycles. The Bertz CT molecular complexity index is 453. The Kier molecular flexibility index (Phi) is 3.43. The molecule has 0 aliphatic rings. The lowest BCUT2D eigenvalue weighted by Gasteiger charge is -2.04. The van der Waals surface area contributed by atoms with Gasteiger partial charge in [0, 0.05) is 12.3 Å². The highest BCUT2D eigenvalue weighted by atomic mass is 32.2. The molecular weight excluding hydrogens is 226 g/mol. The van der Waals surface area contributed by atoms with Gasteiger partial charge in [0.25, 0.3) is 0 Å². The monoisotopic (exact) mass is 239 g/mol. The number of aromatic nitrogens is 2. The van der Waals surface area contributed by atoms with Crippen LogP contribution >= 0.6 is 23.1 Å². The Morgan fingerprint density at radius 2 is 2.33 bits per heavy atom. The van der Waals surface area contributed by atoms with Gasteiger partial charge in [0.05, 0.1) is 10.2 Å². The van der Waals surface area contributed by atoms with Crippen LogP contribution in [0.5, 0.6) is 0 Å². The molecule has 0 aliphatic heterocycles. The highest BCUT2D eigenvalue weighted by Gasteiger charge is 2.06. The number of aryl methyl sites for hydroxylation is 1. The number of fused-ring (bicyclic) bond motifs is 1.